The second-order valence-electron chi connectivity index (χ2n) is 7.17. The van der Waals surface area contributed by atoms with E-state index in [2.05, 4.69) is 21.1 Å². The lowest BCUT2D eigenvalue weighted by Crippen LogP contribution is -2.34. The molecule has 0 aromatic heterocycles. The Labute approximate surface area is 159 Å². The van der Waals surface area contributed by atoms with Gasteiger partial charge in [-0.3, -0.25) is 9.28 Å². The molecule has 0 heterocycles. The molecule has 0 saturated carbocycles. The summed E-state index contributed by atoms with van der Waals surface area (Å²) < 4.78 is 6.08. The van der Waals surface area contributed by atoms with E-state index in [9.17, 15) is 9.59 Å². The highest BCUT2D eigenvalue weighted by Crippen LogP contribution is 2.20. The molecule has 27 heavy (non-hydrogen) atoms. The first kappa shape index (κ1) is 18.5. The predicted molar refractivity (Wildman–Crippen MR) is 107 cm³/mol. The number of hydrogen-bond donors (Lipinski definition) is 0. The predicted octanol–water partition coefficient (Wildman–Crippen LogP) is 4.33. The number of ketones is 1. The van der Waals surface area contributed by atoms with Crippen LogP contribution >= 0.6 is 0 Å². The third kappa shape index (κ3) is 4.49. The Morgan fingerprint density at radius 1 is 0.667 bits per heavy atom. The fourth-order valence-electron chi connectivity index (χ4n) is 2.64. The molecule has 0 saturated heterocycles. The fraction of sp³-hybridized carbons (Fsp3) is 0.130. The summed E-state index contributed by atoms with van der Waals surface area (Å²) in [6.45, 7) is 0. The molecule has 136 valence electrons. The number of hydrogen-bond acceptors (Lipinski definition) is 3. The normalized spacial score (nSPS) is 11.1. The topological polar surface area (TPSA) is 43.4 Å². The summed E-state index contributed by atoms with van der Waals surface area (Å²) in [5.41, 5.74) is 2.75. The zero-order chi connectivity index (χ0) is 19.4. The minimum atomic E-state index is -0.426. The van der Waals surface area contributed by atoms with Crippen molar-refractivity contribution in [1.82, 2.24) is 4.48 Å². The zero-order valence-corrected chi connectivity index (χ0v) is 15.7. The van der Waals surface area contributed by atoms with Crippen LogP contribution in [0.2, 0.25) is 0 Å². The standard InChI is InChI=1S/C23H22NO3/c1-24(2,3)20-13-9-19(10-14-20)23(26)27-21-15-11-18(12-16-21)22(25)17-7-5-4-6-8-17/h4-16H,1-3H3/q+1. The van der Waals surface area contributed by atoms with E-state index in [4.69, 9.17) is 4.74 Å². The lowest BCUT2D eigenvalue weighted by atomic mass is 10.0. The minimum Gasteiger partial charge on any atom is -0.423 e. The van der Waals surface area contributed by atoms with E-state index in [1.165, 1.54) is 0 Å². The van der Waals surface area contributed by atoms with Crippen LogP contribution in [0.4, 0.5) is 5.69 Å². The maximum atomic E-state index is 12.4. The van der Waals surface area contributed by atoms with E-state index in [0.717, 1.165) is 5.69 Å². The number of quaternary nitrogens is 1. The van der Waals surface area contributed by atoms with Crippen LogP contribution in [0.1, 0.15) is 26.3 Å². The van der Waals surface area contributed by atoms with E-state index in [1.807, 2.05) is 30.3 Å². The van der Waals surface area contributed by atoms with Crippen molar-refractivity contribution in [3.63, 3.8) is 0 Å². The molecule has 0 radical (unpaired) electrons. The summed E-state index contributed by atoms with van der Waals surface area (Å²) in [4.78, 5) is 24.7. The molecule has 0 amide bonds. The number of carbonyl (C=O) groups excluding carboxylic acids is 2. The highest BCUT2D eigenvalue weighted by atomic mass is 16.5. The first-order valence-electron chi connectivity index (χ1n) is 8.69. The van der Waals surface area contributed by atoms with Crippen molar-refractivity contribution in [2.24, 2.45) is 0 Å². The van der Waals surface area contributed by atoms with Crippen LogP contribution in [-0.4, -0.2) is 32.9 Å². The lowest BCUT2D eigenvalue weighted by Gasteiger charge is -2.23. The van der Waals surface area contributed by atoms with Gasteiger partial charge in [0.2, 0.25) is 0 Å². The molecule has 0 spiro atoms. The van der Waals surface area contributed by atoms with Crippen LogP contribution in [0, 0.1) is 0 Å². The lowest BCUT2D eigenvalue weighted by molar-refractivity contribution is 0.0734. The van der Waals surface area contributed by atoms with Crippen LogP contribution in [0.5, 0.6) is 5.75 Å². The molecular weight excluding hydrogens is 338 g/mol. The van der Waals surface area contributed by atoms with Gasteiger partial charge in [-0.05, 0) is 48.5 Å². The largest absolute Gasteiger partial charge is 0.423 e. The molecule has 0 fully saturated rings. The van der Waals surface area contributed by atoms with Crippen LogP contribution in [0.15, 0.2) is 78.9 Å². The molecule has 0 N–H and O–H groups in total. The minimum absolute atomic E-state index is 0.0654. The van der Waals surface area contributed by atoms with E-state index in [-0.39, 0.29) is 5.78 Å². The van der Waals surface area contributed by atoms with Crippen molar-refractivity contribution in [3.05, 3.63) is 95.6 Å². The fourth-order valence-corrected chi connectivity index (χ4v) is 2.64. The van der Waals surface area contributed by atoms with Gasteiger partial charge in [-0.15, -0.1) is 0 Å². The van der Waals surface area contributed by atoms with Crippen molar-refractivity contribution in [1.29, 1.82) is 0 Å². The van der Waals surface area contributed by atoms with Gasteiger partial charge >= 0.3 is 5.97 Å². The molecule has 0 unspecified atom stereocenters. The molecular formula is C23H22NO3+. The van der Waals surface area contributed by atoms with Gasteiger partial charge < -0.3 is 4.74 Å². The number of benzene rings is 3. The highest BCUT2D eigenvalue weighted by Gasteiger charge is 2.15. The molecule has 3 rings (SSSR count). The van der Waals surface area contributed by atoms with E-state index in [1.54, 1.807) is 48.5 Å². The van der Waals surface area contributed by atoms with Crippen LogP contribution in [0.25, 0.3) is 0 Å². The number of esters is 1. The summed E-state index contributed by atoms with van der Waals surface area (Å²) >= 11 is 0. The summed E-state index contributed by atoms with van der Waals surface area (Å²) in [5, 5.41) is 0. The average molecular weight is 360 g/mol. The summed E-state index contributed by atoms with van der Waals surface area (Å²) in [6.07, 6.45) is 0. The van der Waals surface area contributed by atoms with Gasteiger partial charge in [-0.25, -0.2) is 4.79 Å². The Balaban J connectivity index is 1.69. The molecule has 3 aromatic carbocycles. The Bertz CT molecular complexity index is 938. The van der Waals surface area contributed by atoms with Gasteiger partial charge in [0.05, 0.1) is 26.7 Å². The van der Waals surface area contributed by atoms with E-state index in [0.29, 0.717) is 26.9 Å². The zero-order valence-electron chi connectivity index (χ0n) is 15.7. The van der Waals surface area contributed by atoms with Crippen molar-refractivity contribution in [3.8, 4) is 5.75 Å². The maximum Gasteiger partial charge on any atom is 0.343 e. The molecule has 0 aliphatic carbocycles. The smallest absolute Gasteiger partial charge is 0.343 e. The van der Waals surface area contributed by atoms with Crippen molar-refractivity contribution in [2.75, 3.05) is 21.1 Å². The second kappa shape index (κ2) is 7.56. The quantitative estimate of drug-likeness (QED) is 0.294. The molecule has 0 aliphatic heterocycles. The monoisotopic (exact) mass is 360 g/mol. The first-order chi connectivity index (χ1) is 12.8. The Kier molecular flexibility index (Phi) is 5.19. The number of nitrogens with zero attached hydrogens (tertiary/aromatic N) is 1. The van der Waals surface area contributed by atoms with Gasteiger partial charge in [-0.1, -0.05) is 30.3 Å². The van der Waals surface area contributed by atoms with Crippen LogP contribution < -0.4 is 9.22 Å². The Morgan fingerprint density at radius 3 is 1.74 bits per heavy atom. The third-order valence-electron chi connectivity index (χ3n) is 4.24. The van der Waals surface area contributed by atoms with E-state index >= 15 is 0 Å². The van der Waals surface area contributed by atoms with Crippen LogP contribution in [0.3, 0.4) is 0 Å². The molecule has 4 nitrogen and oxygen atoms in total. The van der Waals surface area contributed by atoms with Gasteiger partial charge in [0, 0.05) is 11.1 Å². The molecule has 4 heteroatoms. The van der Waals surface area contributed by atoms with Crippen molar-refractivity contribution in [2.45, 2.75) is 0 Å². The number of ether oxygens (including phenoxy) is 1. The molecule has 0 aliphatic rings. The van der Waals surface area contributed by atoms with E-state index < -0.39 is 5.97 Å². The SMILES string of the molecule is C[N+](C)(C)c1ccc(C(=O)Oc2ccc(C(=O)c3ccccc3)cc2)cc1. The highest BCUT2D eigenvalue weighted by molar-refractivity contribution is 6.09. The van der Waals surface area contributed by atoms with Crippen molar-refractivity contribution >= 4 is 17.4 Å². The first-order valence-corrected chi connectivity index (χ1v) is 8.69. The molecule has 3 aromatic rings. The van der Waals surface area contributed by atoms with Gasteiger partial charge in [0.15, 0.2) is 5.78 Å². The Morgan fingerprint density at radius 2 is 1.19 bits per heavy atom. The van der Waals surface area contributed by atoms with Crippen molar-refractivity contribution < 1.29 is 14.3 Å². The number of carbonyl (C=O) groups is 2. The Hall–Kier alpha value is -3.24. The molecule has 0 bridgehead atoms. The third-order valence-corrected chi connectivity index (χ3v) is 4.24. The van der Waals surface area contributed by atoms with Crippen LogP contribution in [-0.2, 0) is 0 Å². The maximum absolute atomic E-state index is 12.4. The average Bonchev–Trinajstić information content (AvgIpc) is 2.68. The number of rotatable bonds is 5. The summed E-state index contributed by atoms with van der Waals surface area (Å²) in [7, 11) is 6.18. The van der Waals surface area contributed by atoms with Gasteiger partial charge in [0.25, 0.3) is 0 Å². The second-order valence-corrected chi connectivity index (χ2v) is 7.17. The summed E-state index contributed by atoms with van der Waals surface area (Å²) in [5.74, 6) is -0.0882. The van der Waals surface area contributed by atoms with Gasteiger partial charge in [-0.2, -0.15) is 0 Å². The van der Waals surface area contributed by atoms with Gasteiger partial charge in [0.1, 0.15) is 11.4 Å². The summed E-state index contributed by atoms with van der Waals surface area (Å²) in [6, 6.07) is 23.0. The molecule has 0 atom stereocenters.